The summed E-state index contributed by atoms with van der Waals surface area (Å²) in [4.78, 5) is 4.21. The molecule has 24 heteroatoms. The van der Waals surface area contributed by atoms with Gasteiger partial charge in [0.15, 0.2) is 82.5 Å². The molecule has 0 radical (unpaired) electrons. The molecule has 6 aromatic carbocycles. The lowest BCUT2D eigenvalue weighted by molar-refractivity contribution is -0.692. The molecule has 0 aliphatic rings. The maximum atomic E-state index is 15.4. The van der Waals surface area contributed by atoms with Crippen molar-refractivity contribution in [2.75, 3.05) is 0 Å². The first-order chi connectivity index (χ1) is 31.8. The van der Waals surface area contributed by atoms with E-state index in [9.17, 15) is 52.7 Å². The van der Waals surface area contributed by atoms with Crippen molar-refractivity contribution in [1.29, 1.82) is 0 Å². The van der Waals surface area contributed by atoms with E-state index in [0.29, 0.717) is 0 Å². The standard InChI is InChI=1S/C24BF20.C20H21N2O/c26-5-1(6(27)14(35)21(42)13(5)34)25(2-7(28)15(36)22(43)16(37)8(2)29,3-9(30)17(38)23(44)18(39)10(3)31)4-11(32)19(40)24(45)20(41)12(4)33;1-15-11-16(2)20(17(3)12-15)23-19-13-21-9-10-22(19)14-18-7-5-4-6-8-18/h;4-13H,14H2,1-3H3/q-1;+1. The van der Waals surface area contributed by atoms with Crippen LogP contribution >= 0.6 is 0 Å². The van der Waals surface area contributed by atoms with Crippen LogP contribution in [-0.2, 0) is 6.54 Å². The zero-order chi connectivity index (χ0) is 50.6. The largest absolute Gasteiger partial charge is 0.403 e. The molecule has 0 amide bonds. The third kappa shape index (κ3) is 8.11. The summed E-state index contributed by atoms with van der Waals surface area (Å²) < 4.78 is 302. The highest BCUT2D eigenvalue weighted by Crippen LogP contribution is 2.32. The molecule has 7 rings (SSSR count). The minimum Gasteiger partial charge on any atom is -0.403 e. The topological polar surface area (TPSA) is 26.0 Å². The molecule has 0 spiro atoms. The second-order valence-electron chi connectivity index (χ2n) is 14.7. The molecule has 0 fully saturated rings. The Balaban J connectivity index is 0.000000276. The zero-order valence-electron chi connectivity index (χ0n) is 33.9. The van der Waals surface area contributed by atoms with Gasteiger partial charge in [-0.2, -0.15) is 4.57 Å². The summed E-state index contributed by atoms with van der Waals surface area (Å²) in [5.41, 5.74) is -9.58. The van der Waals surface area contributed by atoms with Crippen LogP contribution in [-0.4, -0.2) is 11.1 Å². The number of aryl methyl sites for hydroxylation is 3. The molecule has 0 saturated carbocycles. The zero-order valence-corrected chi connectivity index (χ0v) is 33.9. The molecule has 0 aliphatic carbocycles. The van der Waals surface area contributed by atoms with Crippen LogP contribution in [0.15, 0.2) is 61.1 Å². The van der Waals surface area contributed by atoms with Crippen molar-refractivity contribution in [2.24, 2.45) is 0 Å². The highest BCUT2D eigenvalue weighted by atomic mass is 19.2. The van der Waals surface area contributed by atoms with Gasteiger partial charge in [0.2, 0.25) is 0 Å². The van der Waals surface area contributed by atoms with E-state index in [0.717, 1.165) is 29.3 Å². The monoisotopic (exact) mass is 984 g/mol. The van der Waals surface area contributed by atoms with Crippen LogP contribution < -0.4 is 31.2 Å². The molecule has 356 valence electrons. The molecule has 0 N–H and O–H groups in total. The third-order valence-electron chi connectivity index (χ3n) is 10.5. The van der Waals surface area contributed by atoms with Crippen LogP contribution in [0.1, 0.15) is 22.3 Å². The molecule has 1 aromatic heterocycles. The van der Waals surface area contributed by atoms with Crippen molar-refractivity contribution >= 4 is 28.0 Å². The molecule has 0 atom stereocenters. The Hall–Kier alpha value is -7.14. The van der Waals surface area contributed by atoms with Crippen molar-refractivity contribution in [3.8, 4) is 11.6 Å². The van der Waals surface area contributed by atoms with Crippen LogP contribution in [0.4, 0.5) is 87.8 Å². The van der Waals surface area contributed by atoms with Crippen molar-refractivity contribution in [1.82, 2.24) is 4.98 Å². The predicted octanol–water partition coefficient (Wildman–Crippen LogP) is 9.98. The molecule has 1 heterocycles. The maximum Gasteiger partial charge on any atom is 0.392 e. The Morgan fingerprint density at radius 3 is 1.03 bits per heavy atom. The number of aromatic nitrogens is 2. The summed E-state index contributed by atoms with van der Waals surface area (Å²) >= 11 is 0. The SMILES string of the molecule is Cc1cc(C)c(Oc2cncc[n+]2Cc2ccccc2)c(C)c1.Fc1c(F)c(F)c([B-](c2c(F)c(F)c(F)c(F)c2F)(c2c(F)c(F)c(F)c(F)c2F)c2c(F)c(F)c(F)c(F)c2F)c(F)c1F. The van der Waals surface area contributed by atoms with Crippen molar-refractivity contribution in [2.45, 2.75) is 27.3 Å². The molecule has 7 aromatic rings. The minimum atomic E-state index is -7.22. The highest BCUT2D eigenvalue weighted by molar-refractivity contribution is 7.20. The number of nitrogens with zero attached hydrogens (tertiary/aromatic N) is 2. The lowest BCUT2D eigenvalue weighted by Crippen LogP contribution is -2.81. The quantitative estimate of drug-likeness (QED) is 0.0499. The van der Waals surface area contributed by atoms with Crippen molar-refractivity contribution < 1.29 is 97.1 Å². The van der Waals surface area contributed by atoms with Gasteiger partial charge in [0.25, 0.3) is 0 Å². The summed E-state index contributed by atoms with van der Waals surface area (Å²) in [5.74, 6) is -69.8. The Morgan fingerprint density at radius 2 is 0.721 bits per heavy atom. The van der Waals surface area contributed by atoms with Crippen molar-refractivity contribution in [3.05, 3.63) is 200 Å². The number of hydrogen-bond donors (Lipinski definition) is 0. The first-order valence-electron chi connectivity index (χ1n) is 18.7. The number of benzene rings is 6. The molecule has 0 aliphatic heterocycles. The van der Waals surface area contributed by atoms with Gasteiger partial charge in [0.05, 0.1) is 6.20 Å². The van der Waals surface area contributed by atoms with E-state index in [1.54, 1.807) is 12.4 Å². The summed E-state index contributed by atoms with van der Waals surface area (Å²) in [5, 5.41) is 0. The van der Waals surface area contributed by atoms with Crippen LogP contribution in [0.25, 0.3) is 0 Å². The lowest BCUT2D eigenvalue weighted by Gasteiger charge is -2.44. The summed E-state index contributed by atoms with van der Waals surface area (Å²) in [6.07, 6.45) is -1.72. The molecule has 0 bridgehead atoms. The third-order valence-corrected chi connectivity index (χ3v) is 10.5. The summed E-state index contributed by atoms with van der Waals surface area (Å²) in [6.45, 7) is 7.01. The second-order valence-corrected chi connectivity index (χ2v) is 14.7. The fourth-order valence-corrected chi connectivity index (χ4v) is 7.68. The van der Waals surface area contributed by atoms with Gasteiger partial charge in [-0.3, -0.25) is 0 Å². The van der Waals surface area contributed by atoms with Gasteiger partial charge in [-0.05, 0) is 31.9 Å². The first-order valence-corrected chi connectivity index (χ1v) is 18.7. The van der Waals surface area contributed by atoms with E-state index in [4.69, 9.17) is 4.74 Å². The van der Waals surface area contributed by atoms with Gasteiger partial charge in [-0.25, -0.2) is 92.8 Å². The van der Waals surface area contributed by atoms with Gasteiger partial charge in [0.1, 0.15) is 64.6 Å². The van der Waals surface area contributed by atoms with Gasteiger partial charge >= 0.3 is 5.88 Å². The molecule has 0 unspecified atom stereocenters. The molecular formula is C44H21BF20N2O. The maximum absolute atomic E-state index is 15.4. The lowest BCUT2D eigenvalue weighted by atomic mass is 9.12. The summed E-state index contributed by atoms with van der Waals surface area (Å²) in [6, 6.07) is 14.6. The van der Waals surface area contributed by atoms with Crippen LogP contribution in [0.5, 0.6) is 11.6 Å². The molecule has 68 heavy (non-hydrogen) atoms. The average molecular weight is 984 g/mol. The predicted molar refractivity (Wildman–Crippen MR) is 200 cm³/mol. The van der Waals surface area contributed by atoms with Crippen molar-refractivity contribution in [3.63, 3.8) is 0 Å². The number of halogens is 20. The van der Waals surface area contributed by atoms with Crippen LogP contribution in [0, 0.1) is 137 Å². The fraction of sp³-hybridized carbons (Fsp3) is 0.0909. The van der Waals surface area contributed by atoms with Crippen LogP contribution in [0.2, 0.25) is 0 Å². The Bertz CT molecular complexity index is 2770. The van der Waals surface area contributed by atoms with E-state index >= 15 is 35.1 Å². The average Bonchev–Trinajstić information content (AvgIpc) is 3.31. The Labute approximate surface area is 368 Å². The molecular weight excluding hydrogens is 963 g/mol. The van der Waals surface area contributed by atoms with E-state index in [2.05, 4.69) is 54.6 Å². The van der Waals surface area contributed by atoms with E-state index in [1.165, 1.54) is 11.1 Å². The Morgan fingerprint density at radius 1 is 0.426 bits per heavy atom. The number of ether oxygens (including phenoxy) is 1. The van der Waals surface area contributed by atoms with Gasteiger partial charge < -0.3 is 4.74 Å². The molecule has 3 nitrogen and oxygen atoms in total. The second kappa shape index (κ2) is 18.9. The number of rotatable bonds is 8. The van der Waals surface area contributed by atoms with Gasteiger partial charge in [-0.15, -0.1) is 21.9 Å². The first kappa shape index (κ1) is 50.3. The Kier molecular flexibility index (Phi) is 13.9. The fourth-order valence-electron chi connectivity index (χ4n) is 7.68. The molecule has 0 saturated heterocycles. The van der Waals surface area contributed by atoms with Crippen LogP contribution in [0.3, 0.4) is 0 Å². The van der Waals surface area contributed by atoms with E-state index in [1.807, 2.05) is 24.4 Å². The van der Waals surface area contributed by atoms with E-state index < -0.39 is 144 Å². The van der Waals surface area contributed by atoms with E-state index in [-0.39, 0.29) is 0 Å². The van der Waals surface area contributed by atoms with Gasteiger partial charge in [0, 0.05) is 5.56 Å². The minimum absolute atomic E-state index is 0.742. The normalized spacial score (nSPS) is 11.5. The number of hydrogen-bond acceptors (Lipinski definition) is 2. The highest BCUT2D eigenvalue weighted by Gasteiger charge is 2.52. The summed E-state index contributed by atoms with van der Waals surface area (Å²) in [7, 11) is 0. The van der Waals surface area contributed by atoms with Gasteiger partial charge in [-0.1, -0.05) is 48.0 Å². The smallest absolute Gasteiger partial charge is 0.392 e.